The average Bonchev–Trinajstić information content (AvgIpc) is 2.41. The van der Waals surface area contributed by atoms with Gasteiger partial charge in [-0.15, -0.1) is 11.3 Å². The zero-order chi connectivity index (χ0) is 14.4. The van der Waals surface area contributed by atoms with Gasteiger partial charge in [0.2, 0.25) is 0 Å². The number of hydrogen-bond acceptors (Lipinski definition) is 3. The topological polar surface area (TPSA) is 53.0 Å². The summed E-state index contributed by atoms with van der Waals surface area (Å²) in [4.78, 5) is 0. The van der Waals surface area contributed by atoms with Crippen LogP contribution < -0.4 is 4.39 Å². The second kappa shape index (κ2) is 5.07. The van der Waals surface area contributed by atoms with Crippen molar-refractivity contribution in [3.05, 3.63) is 15.4 Å². The van der Waals surface area contributed by atoms with Crippen molar-refractivity contribution in [2.24, 2.45) is 0 Å². The fourth-order valence-corrected chi connectivity index (χ4v) is 8.66. The fourth-order valence-electron chi connectivity index (χ4n) is 1.08. The first-order valence-corrected chi connectivity index (χ1v) is 11.5. The molecule has 104 valence electrons. The predicted molar refractivity (Wildman–Crippen MR) is 83.8 cm³/mol. The number of thiophene rings is 1. The summed E-state index contributed by atoms with van der Waals surface area (Å²) >= 11 is 12.9. The molecule has 1 heterocycles. The second-order valence-corrected chi connectivity index (χ2v) is 15.2. The van der Waals surface area contributed by atoms with E-state index in [9.17, 15) is 4.21 Å². The third-order valence-electron chi connectivity index (χ3n) is 3.16. The second-order valence-electron chi connectivity index (χ2n) is 5.72. The molecule has 18 heavy (non-hydrogen) atoms. The van der Waals surface area contributed by atoms with E-state index < -0.39 is 18.2 Å². The van der Waals surface area contributed by atoms with E-state index in [1.165, 1.54) is 6.07 Å². The monoisotopic (exact) mass is 344 g/mol. The van der Waals surface area contributed by atoms with E-state index in [1.807, 2.05) is 0 Å². The molecular formula is C10H18Cl2N2OS2Si. The van der Waals surface area contributed by atoms with Crippen molar-refractivity contribution in [2.45, 2.75) is 43.1 Å². The van der Waals surface area contributed by atoms with Crippen LogP contribution in [0.3, 0.4) is 0 Å². The Hall–Kier alpha value is 0.407. The lowest BCUT2D eigenvalue weighted by atomic mass is 10.2. The zero-order valence-corrected chi connectivity index (χ0v) is 15.2. The van der Waals surface area contributed by atoms with Crippen LogP contribution >= 0.6 is 34.5 Å². The number of halogens is 2. The van der Waals surface area contributed by atoms with Crippen molar-refractivity contribution in [1.82, 2.24) is 4.39 Å². The Morgan fingerprint density at radius 3 is 2.22 bits per heavy atom. The summed E-state index contributed by atoms with van der Waals surface area (Å²) in [5, 5.41) is 0.292. The Bertz CT molecular complexity index is 547. The van der Waals surface area contributed by atoms with Gasteiger partial charge in [-0.2, -0.15) is 0 Å². The quantitative estimate of drug-likeness (QED) is 0.747. The van der Waals surface area contributed by atoms with Gasteiger partial charge in [0.15, 0.2) is 0 Å². The van der Waals surface area contributed by atoms with Crippen LogP contribution in [0, 0.1) is 4.78 Å². The molecule has 0 bridgehead atoms. The van der Waals surface area contributed by atoms with Gasteiger partial charge in [0.25, 0.3) is 0 Å². The molecule has 0 fully saturated rings. The minimum Gasteiger partial charge on any atom is -0.248 e. The van der Waals surface area contributed by atoms with Gasteiger partial charge in [-0.05, 0) is 11.1 Å². The minimum atomic E-state index is -3.10. The normalized spacial score (nSPS) is 16.6. The third-order valence-corrected chi connectivity index (χ3v) is 13.4. The van der Waals surface area contributed by atoms with Crippen molar-refractivity contribution in [1.29, 1.82) is 4.78 Å². The van der Waals surface area contributed by atoms with E-state index in [4.69, 9.17) is 28.0 Å². The van der Waals surface area contributed by atoms with Crippen LogP contribution in [0.15, 0.2) is 10.3 Å². The van der Waals surface area contributed by atoms with Crippen LogP contribution in [0.25, 0.3) is 0 Å². The summed E-state index contributed by atoms with van der Waals surface area (Å²) < 4.78 is 24.4. The molecule has 0 spiro atoms. The Balaban J connectivity index is 3.15. The molecule has 1 atom stereocenters. The molecule has 3 nitrogen and oxygen atoms in total. The highest BCUT2D eigenvalue weighted by atomic mass is 35.5. The van der Waals surface area contributed by atoms with Crippen molar-refractivity contribution < 1.29 is 4.21 Å². The van der Waals surface area contributed by atoms with E-state index in [0.717, 1.165) is 11.3 Å². The Labute approximate surface area is 124 Å². The molecule has 0 aliphatic carbocycles. The van der Waals surface area contributed by atoms with E-state index in [0.29, 0.717) is 13.6 Å². The smallest absolute Gasteiger partial charge is 0.140 e. The van der Waals surface area contributed by atoms with Crippen LogP contribution in [0.5, 0.6) is 0 Å². The summed E-state index contributed by atoms with van der Waals surface area (Å²) in [7, 11) is -5.14. The standard InChI is InChI=1S/C10H18Cl2N2OS2Si/c1-10(2,3)18(4,5)14-17(13,15)9-7(11)6-8(12)16-9/h6H,1-5H3,(H2,13,14,15). The van der Waals surface area contributed by atoms with Gasteiger partial charge < -0.3 is 0 Å². The molecule has 0 saturated carbocycles. The maximum Gasteiger partial charge on any atom is 0.140 e. The molecular weight excluding hydrogens is 327 g/mol. The number of rotatable bonds is 3. The highest BCUT2D eigenvalue weighted by molar-refractivity contribution is 7.94. The zero-order valence-electron chi connectivity index (χ0n) is 11.1. The first-order chi connectivity index (χ1) is 7.87. The van der Waals surface area contributed by atoms with Gasteiger partial charge in [-0.3, -0.25) is 0 Å². The fraction of sp³-hybridized carbons (Fsp3) is 0.600. The average molecular weight is 345 g/mol. The van der Waals surface area contributed by atoms with Crippen LogP contribution in [0.4, 0.5) is 0 Å². The molecule has 1 rings (SSSR count). The molecule has 0 aliphatic heterocycles. The molecule has 1 aromatic rings. The number of nitrogens with one attached hydrogen (secondary N) is 2. The summed E-state index contributed by atoms with van der Waals surface area (Å²) in [6.07, 6.45) is 0. The van der Waals surface area contributed by atoms with Gasteiger partial charge in [0.05, 0.1) is 9.36 Å². The lowest BCUT2D eigenvalue weighted by Gasteiger charge is -2.37. The number of hydrogen-bond donors (Lipinski definition) is 2. The lowest BCUT2D eigenvalue weighted by Crippen LogP contribution is -2.54. The van der Waals surface area contributed by atoms with Gasteiger partial charge in [-0.1, -0.05) is 57.1 Å². The van der Waals surface area contributed by atoms with Gasteiger partial charge in [-0.25, -0.2) is 13.4 Å². The molecule has 1 aromatic heterocycles. The highest BCUT2D eigenvalue weighted by Gasteiger charge is 2.39. The first kappa shape index (κ1) is 16.5. The molecule has 1 unspecified atom stereocenters. The SMILES string of the molecule is CC(C)(C)[Si](C)(C)NS(=N)(=O)c1sc(Cl)cc1Cl. The van der Waals surface area contributed by atoms with Gasteiger partial charge in [0.1, 0.15) is 22.4 Å². The van der Waals surface area contributed by atoms with Crippen LogP contribution in [0.2, 0.25) is 27.5 Å². The minimum absolute atomic E-state index is 0.00968. The van der Waals surface area contributed by atoms with Gasteiger partial charge >= 0.3 is 0 Å². The Morgan fingerprint density at radius 1 is 1.39 bits per heavy atom. The van der Waals surface area contributed by atoms with Crippen molar-refractivity contribution in [2.75, 3.05) is 0 Å². The molecule has 2 N–H and O–H groups in total. The summed E-state index contributed by atoms with van der Waals surface area (Å²) in [5.41, 5.74) is 0. The third kappa shape index (κ3) is 3.49. The lowest BCUT2D eigenvalue weighted by molar-refractivity contribution is 0.666. The molecule has 0 saturated heterocycles. The summed E-state index contributed by atoms with van der Waals surface area (Å²) in [6.45, 7) is 10.4. The molecule has 0 aliphatic rings. The maximum atomic E-state index is 12.5. The van der Waals surface area contributed by atoms with Crippen molar-refractivity contribution >= 4 is 52.7 Å². The Morgan fingerprint density at radius 2 is 1.89 bits per heavy atom. The van der Waals surface area contributed by atoms with Crippen molar-refractivity contribution in [3.63, 3.8) is 0 Å². The van der Waals surface area contributed by atoms with Crippen LogP contribution in [-0.2, 0) is 9.92 Å². The molecule has 0 aromatic carbocycles. The van der Waals surface area contributed by atoms with E-state index in [2.05, 4.69) is 38.3 Å². The molecule has 8 heteroatoms. The predicted octanol–water partition coefficient (Wildman–Crippen LogP) is 4.97. The summed E-state index contributed by atoms with van der Waals surface area (Å²) in [5.74, 6) is 0. The van der Waals surface area contributed by atoms with Crippen molar-refractivity contribution in [3.8, 4) is 0 Å². The molecule has 0 amide bonds. The Kier molecular flexibility index (Phi) is 4.63. The van der Waals surface area contributed by atoms with Crippen LogP contribution in [-0.4, -0.2) is 12.4 Å². The summed E-state index contributed by atoms with van der Waals surface area (Å²) in [6, 6.07) is 1.53. The highest BCUT2D eigenvalue weighted by Crippen LogP contribution is 2.38. The van der Waals surface area contributed by atoms with E-state index in [-0.39, 0.29) is 5.04 Å². The van der Waals surface area contributed by atoms with E-state index in [1.54, 1.807) is 0 Å². The maximum absolute atomic E-state index is 12.5. The van der Waals surface area contributed by atoms with Crippen LogP contribution in [0.1, 0.15) is 20.8 Å². The van der Waals surface area contributed by atoms with E-state index >= 15 is 0 Å². The van der Waals surface area contributed by atoms with Gasteiger partial charge in [0, 0.05) is 0 Å². The first-order valence-electron chi connectivity index (χ1n) is 5.39. The largest absolute Gasteiger partial charge is 0.248 e. The molecule has 0 radical (unpaired) electrons.